The lowest BCUT2D eigenvalue weighted by Crippen LogP contribution is -2.43. The summed E-state index contributed by atoms with van der Waals surface area (Å²) < 4.78 is 0. The Balaban J connectivity index is 1.92. The maximum absolute atomic E-state index is 12.2. The zero-order valence-electron chi connectivity index (χ0n) is 12.8. The first-order chi connectivity index (χ1) is 10.5. The lowest BCUT2D eigenvalue weighted by atomic mass is 10.1. The third-order valence-corrected chi connectivity index (χ3v) is 3.42. The molecule has 1 aliphatic heterocycles. The molecule has 1 aromatic carbocycles. The van der Waals surface area contributed by atoms with E-state index in [1.54, 1.807) is 19.3 Å². The molecule has 0 atom stereocenters. The van der Waals surface area contributed by atoms with Crippen LogP contribution in [0.3, 0.4) is 0 Å². The van der Waals surface area contributed by atoms with Crippen molar-refractivity contribution in [3.8, 4) is 0 Å². The summed E-state index contributed by atoms with van der Waals surface area (Å²) in [5, 5.41) is 8.46. The van der Waals surface area contributed by atoms with Gasteiger partial charge in [-0.2, -0.15) is 0 Å². The minimum absolute atomic E-state index is 0.174. The summed E-state index contributed by atoms with van der Waals surface area (Å²) in [6.07, 6.45) is 1.73. The van der Waals surface area contributed by atoms with Crippen LogP contribution in [0, 0.1) is 0 Å². The summed E-state index contributed by atoms with van der Waals surface area (Å²) in [4.78, 5) is 25.5. The average molecular weight is 300 g/mol. The topological polar surface area (TPSA) is 73.5 Å². The van der Waals surface area contributed by atoms with Crippen LogP contribution in [0.5, 0.6) is 0 Å². The molecule has 0 saturated carbocycles. The van der Waals surface area contributed by atoms with Gasteiger partial charge in [0.2, 0.25) is 0 Å². The van der Waals surface area contributed by atoms with E-state index in [0.29, 0.717) is 24.4 Å². The van der Waals surface area contributed by atoms with Crippen molar-refractivity contribution in [3.63, 3.8) is 0 Å². The quantitative estimate of drug-likeness (QED) is 0.777. The van der Waals surface area contributed by atoms with Crippen molar-refractivity contribution in [2.24, 2.45) is 0 Å². The molecule has 1 aromatic rings. The first-order valence-corrected chi connectivity index (χ1v) is 7.03. The zero-order valence-corrected chi connectivity index (χ0v) is 12.8. The Morgan fingerprint density at radius 2 is 2.09 bits per heavy atom. The number of para-hydroxylation sites is 1. The molecule has 0 fully saturated rings. The molecule has 0 bridgehead atoms. The molecular weight excluding hydrogens is 280 g/mol. The van der Waals surface area contributed by atoms with Gasteiger partial charge in [-0.15, -0.1) is 0 Å². The monoisotopic (exact) mass is 300 g/mol. The fourth-order valence-corrected chi connectivity index (χ4v) is 2.12. The van der Waals surface area contributed by atoms with Crippen LogP contribution < -0.4 is 16.0 Å². The van der Waals surface area contributed by atoms with E-state index in [-0.39, 0.29) is 11.9 Å². The predicted molar refractivity (Wildman–Crippen MR) is 86.5 cm³/mol. The van der Waals surface area contributed by atoms with Crippen LogP contribution in [-0.4, -0.2) is 37.0 Å². The van der Waals surface area contributed by atoms with Gasteiger partial charge in [-0.3, -0.25) is 9.69 Å². The molecule has 0 unspecified atom stereocenters. The molecule has 3 amide bonds. The van der Waals surface area contributed by atoms with Crippen molar-refractivity contribution in [3.05, 3.63) is 53.9 Å². The van der Waals surface area contributed by atoms with Crippen LogP contribution in [0.4, 0.5) is 10.5 Å². The molecule has 1 heterocycles. The highest BCUT2D eigenvalue weighted by Crippen LogP contribution is 2.14. The van der Waals surface area contributed by atoms with Crippen LogP contribution in [0.25, 0.3) is 0 Å². The second-order valence-electron chi connectivity index (χ2n) is 4.97. The molecule has 1 aliphatic rings. The molecule has 0 radical (unpaired) electrons. The van der Waals surface area contributed by atoms with E-state index in [1.807, 2.05) is 25.1 Å². The van der Waals surface area contributed by atoms with Crippen LogP contribution in [0.15, 0.2) is 48.3 Å². The molecule has 0 aromatic heterocycles. The van der Waals surface area contributed by atoms with Gasteiger partial charge in [-0.25, -0.2) is 4.79 Å². The number of hydrogen-bond donors (Lipinski definition) is 3. The van der Waals surface area contributed by atoms with E-state index >= 15 is 0 Å². The lowest BCUT2D eigenvalue weighted by Gasteiger charge is -2.26. The summed E-state index contributed by atoms with van der Waals surface area (Å²) in [5.74, 6) is -0.174. The number of nitrogens with zero attached hydrogens (tertiary/aromatic N) is 1. The van der Waals surface area contributed by atoms with Gasteiger partial charge in [0.15, 0.2) is 0 Å². The number of amides is 3. The highest BCUT2D eigenvalue weighted by molar-refractivity contribution is 5.99. The SMILES string of the molecule is C=C1NC(=O)N(CCNC(=O)c2ccccc2NC)C=C1C. The van der Waals surface area contributed by atoms with Crippen molar-refractivity contribution < 1.29 is 9.59 Å². The highest BCUT2D eigenvalue weighted by atomic mass is 16.2. The second kappa shape index (κ2) is 6.80. The molecule has 6 heteroatoms. The Bertz CT molecular complexity index is 637. The first kappa shape index (κ1) is 15.6. The summed E-state index contributed by atoms with van der Waals surface area (Å²) in [5.41, 5.74) is 2.84. The number of hydrogen-bond acceptors (Lipinski definition) is 3. The summed E-state index contributed by atoms with van der Waals surface area (Å²) >= 11 is 0. The number of anilines is 1. The average Bonchev–Trinajstić information content (AvgIpc) is 2.52. The van der Waals surface area contributed by atoms with E-state index in [1.165, 1.54) is 4.90 Å². The van der Waals surface area contributed by atoms with Crippen LogP contribution in [-0.2, 0) is 0 Å². The maximum Gasteiger partial charge on any atom is 0.325 e. The second-order valence-corrected chi connectivity index (χ2v) is 4.97. The number of carbonyl (C=O) groups is 2. The summed E-state index contributed by atoms with van der Waals surface area (Å²) in [6, 6.07) is 7.03. The van der Waals surface area contributed by atoms with Crippen LogP contribution in [0.2, 0.25) is 0 Å². The third-order valence-electron chi connectivity index (χ3n) is 3.42. The van der Waals surface area contributed by atoms with E-state index in [4.69, 9.17) is 0 Å². The molecule has 2 rings (SSSR count). The largest absolute Gasteiger partial charge is 0.387 e. The maximum atomic E-state index is 12.2. The molecule has 0 saturated heterocycles. The number of urea groups is 1. The van der Waals surface area contributed by atoms with Gasteiger partial charge in [0, 0.05) is 37.7 Å². The van der Waals surface area contributed by atoms with Gasteiger partial charge in [-0.1, -0.05) is 18.7 Å². The van der Waals surface area contributed by atoms with Crippen molar-refractivity contribution in [1.29, 1.82) is 0 Å². The number of rotatable bonds is 5. The van der Waals surface area contributed by atoms with Gasteiger partial charge in [-0.05, 0) is 24.6 Å². The molecule has 3 N–H and O–H groups in total. The summed E-state index contributed by atoms with van der Waals surface area (Å²) in [6.45, 7) is 6.37. The van der Waals surface area contributed by atoms with Gasteiger partial charge < -0.3 is 16.0 Å². The predicted octanol–water partition coefficient (Wildman–Crippen LogP) is 1.90. The van der Waals surface area contributed by atoms with Gasteiger partial charge in [0.1, 0.15) is 0 Å². The Morgan fingerprint density at radius 1 is 1.36 bits per heavy atom. The molecule has 116 valence electrons. The minimum Gasteiger partial charge on any atom is -0.387 e. The normalized spacial score (nSPS) is 14.3. The fourth-order valence-electron chi connectivity index (χ4n) is 2.12. The number of nitrogens with one attached hydrogen (secondary N) is 3. The van der Waals surface area contributed by atoms with Crippen LogP contribution in [0.1, 0.15) is 17.3 Å². The van der Waals surface area contributed by atoms with Crippen molar-refractivity contribution in [2.75, 3.05) is 25.5 Å². The number of carbonyl (C=O) groups excluding carboxylic acids is 2. The Kier molecular flexibility index (Phi) is 4.83. The molecule has 0 spiro atoms. The van der Waals surface area contributed by atoms with Crippen molar-refractivity contribution in [1.82, 2.24) is 15.5 Å². The van der Waals surface area contributed by atoms with E-state index < -0.39 is 0 Å². The van der Waals surface area contributed by atoms with E-state index in [0.717, 1.165) is 11.3 Å². The Labute approximate surface area is 129 Å². The third kappa shape index (κ3) is 3.46. The first-order valence-electron chi connectivity index (χ1n) is 7.03. The smallest absolute Gasteiger partial charge is 0.325 e. The molecular formula is C16H20N4O2. The lowest BCUT2D eigenvalue weighted by molar-refractivity contribution is 0.0951. The summed E-state index contributed by atoms with van der Waals surface area (Å²) in [7, 11) is 1.77. The molecule has 6 nitrogen and oxygen atoms in total. The van der Waals surface area contributed by atoms with Gasteiger partial charge in [0.05, 0.1) is 5.56 Å². The van der Waals surface area contributed by atoms with Crippen LogP contribution >= 0.6 is 0 Å². The minimum atomic E-state index is -0.236. The van der Waals surface area contributed by atoms with E-state index in [2.05, 4.69) is 22.5 Å². The number of allylic oxidation sites excluding steroid dienone is 1. The Morgan fingerprint density at radius 3 is 2.82 bits per heavy atom. The van der Waals surface area contributed by atoms with Crippen molar-refractivity contribution in [2.45, 2.75) is 6.92 Å². The highest BCUT2D eigenvalue weighted by Gasteiger charge is 2.18. The van der Waals surface area contributed by atoms with E-state index in [9.17, 15) is 9.59 Å². The zero-order chi connectivity index (χ0) is 16.1. The molecule has 0 aliphatic carbocycles. The van der Waals surface area contributed by atoms with Crippen molar-refractivity contribution >= 4 is 17.6 Å². The molecule has 22 heavy (non-hydrogen) atoms. The number of benzene rings is 1. The van der Waals surface area contributed by atoms with Gasteiger partial charge in [0.25, 0.3) is 5.91 Å². The Hall–Kier alpha value is -2.76. The standard InChI is InChI=1S/C16H20N4O2/c1-11-10-20(16(22)19-12(11)2)9-8-18-15(21)13-6-4-5-7-14(13)17-3/h4-7,10,17H,2,8-9H2,1,3H3,(H,18,21)(H,19,22). The fraction of sp³-hybridized carbons (Fsp3) is 0.250. The van der Waals surface area contributed by atoms with Gasteiger partial charge >= 0.3 is 6.03 Å².